The summed E-state index contributed by atoms with van der Waals surface area (Å²) in [5.74, 6) is -0.689. The number of amides is 1. The molecule has 0 unspecified atom stereocenters. The largest absolute Gasteiger partial charge is 0.465 e. The first-order valence-corrected chi connectivity index (χ1v) is 9.12. The van der Waals surface area contributed by atoms with Crippen molar-refractivity contribution in [2.24, 2.45) is 0 Å². The molecule has 0 atom stereocenters. The Balaban J connectivity index is 1.63. The van der Waals surface area contributed by atoms with E-state index in [9.17, 15) is 14.4 Å². The summed E-state index contributed by atoms with van der Waals surface area (Å²) < 4.78 is 20.1. The number of carbonyl (C=O) groups is 3. The van der Waals surface area contributed by atoms with Gasteiger partial charge in [-0.3, -0.25) is 4.79 Å². The summed E-state index contributed by atoms with van der Waals surface area (Å²) in [6.45, 7) is 0. The van der Waals surface area contributed by atoms with Crippen LogP contribution in [0, 0.1) is 0 Å². The zero-order chi connectivity index (χ0) is 21.3. The molecule has 1 N–H and O–H groups in total. The number of furan rings is 1. The van der Waals surface area contributed by atoms with Crippen LogP contribution in [0.15, 0.2) is 51.6 Å². The van der Waals surface area contributed by atoms with Crippen LogP contribution in [0.5, 0.6) is 0 Å². The number of methoxy groups -OCH3 is 2. The molecule has 0 aliphatic heterocycles. The fraction of sp³-hybridized carbons (Fsp3) is 0.238. The Bertz CT molecular complexity index is 1110. The van der Waals surface area contributed by atoms with Crippen molar-refractivity contribution in [3.8, 4) is 11.5 Å². The minimum Gasteiger partial charge on any atom is -0.465 e. The van der Waals surface area contributed by atoms with E-state index in [2.05, 4.69) is 10.5 Å². The molecule has 0 saturated heterocycles. The van der Waals surface area contributed by atoms with Gasteiger partial charge < -0.3 is 23.7 Å². The second-order valence-electron chi connectivity index (χ2n) is 6.83. The molecule has 0 spiro atoms. The van der Waals surface area contributed by atoms with E-state index in [0.29, 0.717) is 30.1 Å². The quantitative estimate of drug-likeness (QED) is 0.615. The zero-order valence-corrected chi connectivity index (χ0v) is 16.3. The number of rotatable bonds is 6. The van der Waals surface area contributed by atoms with Crippen molar-refractivity contribution in [1.82, 2.24) is 5.16 Å². The Kier molecular flexibility index (Phi) is 4.86. The van der Waals surface area contributed by atoms with Crippen molar-refractivity contribution < 1.29 is 32.8 Å². The highest BCUT2D eigenvalue weighted by Crippen LogP contribution is 2.49. The number of anilines is 1. The van der Waals surface area contributed by atoms with Crippen LogP contribution in [0.1, 0.15) is 39.3 Å². The van der Waals surface area contributed by atoms with Gasteiger partial charge in [-0.2, -0.15) is 0 Å². The van der Waals surface area contributed by atoms with Crippen LogP contribution < -0.4 is 5.32 Å². The maximum absolute atomic E-state index is 13.1. The Hall–Kier alpha value is -3.88. The predicted octanol–water partition coefficient (Wildman–Crippen LogP) is 3.18. The van der Waals surface area contributed by atoms with Crippen LogP contribution in [-0.4, -0.2) is 37.2 Å². The number of hydrogen-bond donors (Lipinski definition) is 1. The normalized spacial score (nSPS) is 14.1. The lowest BCUT2D eigenvalue weighted by atomic mass is 10.00. The lowest BCUT2D eigenvalue weighted by molar-refractivity contribution is -0.118. The summed E-state index contributed by atoms with van der Waals surface area (Å²) in [7, 11) is 2.48. The smallest absolute Gasteiger partial charge is 0.339 e. The van der Waals surface area contributed by atoms with Gasteiger partial charge >= 0.3 is 11.9 Å². The maximum atomic E-state index is 13.1. The summed E-state index contributed by atoms with van der Waals surface area (Å²) in [6, 6.07) is 9.32. The molecule has 2 aromatic heterocycles. The Labute approximate surface area is 170 Å². The van der Waals surface area contributed by atoms with Crippen LogP contribution in [0.25, 0.3) is 11.5 Å². The molecule has 9 heteroatoms. The molecule has 9 nitrogen and oxygen atoms in total. The molecule has 1 aromatic carbocycles. The van der Waals surface area contributed by atoms with E-state index in [1.165, 1.54) is 38.7 Å². The summed E-state index contributed by atoms with van der Waals surface area (Å²) in [5, 5.41) is 6.78. The maximum Gasteiger partial charge on any atom is 0.339 e. The first kappa shape index (κ1) is 19.4. The third-order valence-corrected chi connectivity index (χ3v) is 5.04. The van der Waals surface area contributed by atoms with Crippen molar-refractivity contribution in [1.29, 1.82) is 0 Å². The van der Waals surface area contributed by atoms with E-state index in [0.717, 1.165) is 0 Å². The molecule has 1 aliphatic rings. The second-order valence-corrected chi connectivity index (χ2v) is 6.83. The zero-order valence-electron chi connectivity index (χ0n) is 16.3. The summed E-state index contributed by atoms with van der Waals surface area (Å²) in [5.41, 5.74) is 0.0340. The van der Waals surface area contributed by atoms with Crippen LogP contribution in [-0.2, 0) is 19.7 Å². The highest BCUT2D eigenvalue weighted by atomic mass is 16.5. The van der Waals surface area contributed by atoms with Gasteiger partial charge in [0.2, 0.25) is 11.7 Å². The number of carbonyl (C=O) groups excluding carboxylic acids is 3. The van der Waals surface area contributed by atoms with Gasteiger partial charge in [0.05, 0.1) is 48.4 Å². The van der Waals surface area contributed by atoms with Crippen LogP contribution in [0.2, 0.25) is 0 Å². The molecular weight excluding hydrogens is 392 g/mol. The van der Waals surface area contributed by atoms with Gasteiger partial charge in [-0.05, 0) is 43.2 Å². The number of hydrogen-bond acceptors (Lipinski definition) is 8. The van der Waals surface area contributed by atoms with Crippen molar-refractivity contribution in [2.45, 2.75) is 18.3 Å². The van der Waals surface area contributed by atoms with Crippen molar-refractivity contribution >= 4 is 23.5 Å². The lowest BCUT2D eigenvalue weighted by Crippen LogP contribution is -2.29. The summed E-state index contributed by atoms with van der Waals surface area (Å²) in [6.07, 6.45) is 2.64. The summed E-state index contributed by atoms with van der Waals surface area (Å²) in [4.78, 5) is 37.1. The van der Waals surface area contributed by atoms with Crippen LogP contribution in [0.4, 0.5) is 5.69 Å². The minimum atomic E-state index is -0.886. The first-order valence-electron chi connectivity index (χ1n) is 9.12. The van der Waals surface area contributed by atoms with Gasteiger partial charge in [0, 0.05) is 6.07 Å². The van der Waals surface area contributed by atoms with E-state index in [4.69, 9.17) is 18.4 Å². The third-order valence-electron chi connectivity index (χ3n) is 5.04. The molecule has 154 valence electrons. The second kappa shape index (κ2) is 7.51. The molecular formula is C21H18N2O7. The highest BCUT2D eigenvalue weighted by Gasteiger charge is 2.54. The molecule has 1 amide bonds. The monoisotopic (exact) mass is 410 g/mol. The van der Waals surface area contributed by atoms with Crippen LogP contribution in [0.3, 0.4) is 0 Å². The topological polar surface area (TPSA) is 121 Å². The van der Waals surface area contributed by atoms with Crippen LogP contribution >= 0.6 is 0 Å². The SMILES string of the molecule is COC(=O)c1ccc(C(=O)OC)c(NC(=O)C2(c3cc(-c4ccco4)on3)CC2)c1. The molecule has 30 heavy (non-hydrogen) atoms. The molecule has 3 aromatic rings. The van der Waals surface area contributed by atoms with E-state index >= 15 is 0 Å². The molecule has 0 bridgehead atoms. The van der Waals surface area contributed by atoms with Gasteiger partial charge in [0.1, 0.15) is 0 Å². The number of benzene rings is 1. The minimum absolute atomic E-state index is 0.116. The average Bonchev–Trinajstić information content (AvgIpc) is 3.17. The Morgan fingerprint density at radius 2 is 1.80 bits per heavy atom. The summed E-state index contributed by atoms with van der Waals surface area (Å²) >= 11 is 0. The number of ether oxygens (including phenoxy) is 2. The Morgan fingerprint density at radius 3 is 2.43 bits per heavy atom. The molecule has 4 rings (SSSR count). The van der Waals surface area contributed by atoms with E-state index in [1.807, 2.05) is 0 Å². The standard InChI is InChI=1S/C21H18N2O7/c1-27-18(24)12-5-6-13(19(25)28-2)14(10-12)22-20(26)21(7-8-21)17-11-16(30-23-17)15-4-3-9-29-15/h3-6,9-11H,7-8H2,1-2H3,(H,22,26). The number of nitrogens with one attached hydrogen (secondary N) is 1. The predicted molar refractivity (Wildman–Crippen MR) is 103 cm³/mol. The van der Waals surface area contributed by atoms with E-state index in [-0.39, 0.29) is 22.7 Å². The third kappa shape index (κ3) is 3.34. The van der Waals surface area contributed by atoms with Crippen molar-refractivity contribution in [2.75, 3.05) is 19.5 Å². The highest BCUT2D eigenvalue weighted by molar-refractivity contribution is 6.07. The van der Waals surface area contributed by atoms with Crippen molar-refractivity contribution in [3.63, 3.8) is 0 Å². The number of nitrogens with zero attached hydrogens (tertiary/aromatic N) is 1. The van der Waals surface area contributed by atoms with Gasteiger partial charge in [0.25, 0.3) is 0 Å². The van der Waals surface area contributed by atoms with Gasteiger partial charge in [-0.1, -0.05) is 5.16 Å². The molecule has 0 radical (unpaired) electrons. The molecule has 1 saturated carbocycles. The fourth-order valence-corrected chi connectivity index (χ4v) is 3.18. The van der Waals surface area contributed by atoms with Gasteiger partial charge in [-0.15, -0.1) is 0 Å². The number of esters is 2. The molecule has 2 heterocycles. The van der Waals surface area contributed by atoms with E-state index in [1.54, 1.807) is 18.2 Å². The van der Waals surface area contributed by atoms with Crippen molar-refractivity contribution in [3.05, 3.63) is 59.5 Å². The average molecular weight is 410 g/mol. The van der Waals surface area contributed by atoms with Gasteiger partial charge in [0.15, 0.2) is 5.76 Å². The fourth-order valence-electron chi connectivity index (χ4n) is 3.18. The van der Waals surface area contributed by atoms with E-state index < -0.39 is 17.4 Å². The van der Waals surface area contributed by atoms with Gasteiger partial charge in [-0.25, -0.2) is 9.59 Å². The molecule has 1 fully saturated rings. The number of aromatic nitrogens is 1. The lowest BCUT2D eigenvalue weighted by Gasteiger charge is -2.15. The Morgan fingerprint density at radius 1 is 1.03 bits per heavy atom. The first-order chi connectivity index (χ1) is 14.5. The molecule has 1 aliphatic carbocycles.